The summed E-state index contributed by atoms with van der Waals surface area (Å²) in [5.41, 5.74) is 2.72. The molecule has 5 aromatic rings. The lowest BCUT2D eigenvalue weighted by atomic mass is 10.0. The first-order valence-electron chi connectivity index (χ1n) is 11.5. The molecular formula is C25H18F4N8O. The largest absolute Gasteiger partial charge is 0.433 e. The Hall–Kier alpha value is -4.65. The first-order chi connectivity index (χ1) is 18.3. The number of nitrogens with one attached hydrogen (secondary N) is 2. The Morgan fingerprint density at radius 1 is 1.05 bits per heavy atom. The predicted molar refractivity (Wildman–Crippen MR) is 129 cm³/mol. The third-order valence-corrected chi connectivity index (χ3v) is 6.10. The number of fused-ring (bicyclic) bond motifs is 2. The monoisotopic (exact) mass is 522 g/mol. The third-order valence-electron chi connectivity index (χ3n) is 6.10. The van der Waals surface area contributed by atoms with Gasteiger partial charge in [0, 0.05) is 30.4 Å². The van der Waals surface area contributed by atoms with Crippen molar-refractivity contribution in [3.63, 3.8) is 0 Å². The van der Waals surface area contributed by atoms with E-state index in [9.17, 15) is 22.4 Å². The van der Waals surface area contributed by atoms with Gasteiger partial charge in [-0.2, -0.15) is 23.4 Å². The van der Waals surface area contributed by atoms with Gasteiger partial charge in [0.1, 0.15) is 17.2 Å². The van der Waals surface area contributed by atoms with Crippen molar-refractivity contribution >= 4 is 17.4 Å². The molecule has 5 heterocycles. The molecule has 0 spiro atoms. The number of hydrogen-bond donors (Lipinski definition) is 2. The molecule has 0 saturated heterocycles. The van der Waals surface area contributed by atoms with Crippen LogP contribution in [0.5, 0.6) is 0 Å². The number of imidazole rings is 1. The fourth-order valence-electron chi connectivity index (χ4n) is 4.32. The molecule has 2 N–H and O–H groups in total. The van der Waals surface area contributed by atoms with E-state index >= 15 is 0 Å². The van der Waals surface area contributed by atoms with Crippen molar-refractivity contribution in [2.24, 2.45) is 0 Å². The second-order valence-corrected chi connectivity index (χ2v) is 8.61. The molecule has 0 bridgehead atoms. The minimum Gasteiger partial charge on any atom is -0.309 e. The molecule has 1 aromatic carbocycles. The van der Waals surface area contributed by atoms with E-state index in [2.05, 4.69) is 25.7 Å². The Morgan fingerprint density at radius 3 is 2.66 bits per heavy atom. The fourth-order valence-corrected chi connectivity index (χ4v) is 4.32. The maximum atomic E-state index is 13.6. The number of rotatable bonds is 4. The highest BCUT2D eigenvalue weighted by atomic mass is 19.4. The molecule has 0 atom stereocenters. The Kier molecular flexibility index (Phi) is 5.64. The summed E-state index contributed by atoms with van der Waals surface area (Å²) in [6.07, 6.45) is -2.28. The first kappa shape index (κ1) is 23.7. The van der Waals surface area contributed by atoms with Crippen molar-refractivity contribution in [2.75, 3.05) is 11.9 Å². The summed E-state index contributed by atoms with van der Waals surface area (Å²) in [6.45, 7) is 1.99. The lowest BCUT2D eigenvalue weighted by Crippen LogP contribution is -2.28. The quantitative estimate of drug-likeness (QED) is 0.344. The molecule has 1 aliphatic heterocycles. The number of carbonyl (C=O) groups is 1. The van der Waals surface area contributed by atoms with Gasteiger partial charge in [0.15, 0.2) is 11.5 Å². The maximum absolute atomic E-state index is 13.6. The molecule has 4 aromatic heterocycles. The highest BCUT2D eigenvalue weighted by Crippen LogP contribution is 2.35. The van der Waals surface area contributed by atoms with Gasteiger partial charge in [0.25, 0.3) is 5.91 Å². The number of benzene rings is 1. The van der Waals surface area contributed by atoms with Gasteiger partial charge in [-0.3, -0.25) is 14.5 Å². The minimum atomic E-state index is -4.67. The predicted octanol–water partition coefficient (Wildman–Crippen LogP) is 4.17. The van der Waals surface area contributed by atoms with E-state index in [4.69, 9.17) is 5.10 Å². The summed E-state index contributed by atoms with van der Waals surface area (Å²) >= 11 is 0. The Bertz CT molecular complexity index is 1670. The molecule has 1 aliphatic rings. The highest BCUT2D eigenvalue weighted by Gasteiger charge is 2.33. The van der Waals surface area contributed by atoms with Gasteiger partial charge < -0.3 is 10.6 Å². The maximum Gasteiger partial charge on any atom is 0.433 e. The third kappa shape index (κ3) is 4.36. The molecule has 192 valence electrons. The van der Waals surface area contributed by atoms with Gasteiger partial charge in [-0.1, -0.05) is 0 Å². The number of anilines is 1. The molecule has 38 heavy (non-hydrogen) atoms. The molecule has 13 heteroatoms. The van der Waals surface area contributed by atoms with Gasteiger partial charge >= 0.3 is 6.18 Å². The van der Waals surface area contributed by atoms with Crippen molar-refractivity contribution in [3.05, 3.63) is 83.7 Å². The standard InChI is InChI=1S/C25H18F4N8O/c26-16-3-1-14(2-4-16)23-22(18-12-30-9-10-36(18)35-23)17-5-6-21-32-20(13-37(21)34-17)33-24(38)15-7-8-31-19(11-15)25(27,28)29/h1-8,11,13,30H,9-10,12H2,(H,33,38). The van der Waals surface area contributed by atoms with Crippen LogP contribution in [-0.4, -0.2) is 41.8 Å². The summed E-state index contributed by atoms with van der Waals surface area (Å²) in [4.78, 5) is 20.2. The van der Waals surface area contributed by atoms with E-state index in [0.29, 0.717) is 36.2 Å². The number of amides is 1. The summed E-state index contributed by atoms with van der Waals surface area (Å²) in [6, 6.07) is 11.4. The lowest BCUT2D eigenvalue weighted by Gasteiger charge is -2.15. The number of nitrogens with zero attached hydrogens (tertiary/aromatic N) is 6. The van der Waals surface area contributed by atoms with Crippen LogP contribution in [0.4, 0.5) is 23.4 Å². The van der Waals surface area contributed by atoms with E-state index < -0.39 is 17.8 Å². The summed E-state index contributed by atoms with van der Waals surface area (Å²) < 4.78 is 55.8. The van der Waals surface area contributed by atoms with Crippen molar-refractivity contribution in [1.82, 2.24) is 34.7 Å². The zero-order chi connectivity index (χ0) is 26.4. The number of halogens is 4. The average molecular weight is 522 g/mol. The molecule has 9 nitrogen and oxygen atoms in total. The van der Waals surface area contributed by atoms with Gasteiger partial charge in [0.05, 0.1) is 29.7 Å². The van der Waals surface area contributed by atoms with Crippen LogP contribution in [0.2, 0.25) is 0 Å². The fraction of sp³-hybridized carbons (Fsp3) is 0.160. The van der Waals surface area contributed by atoms with Gasteiger partial charge in [0.2, 0.25) is 0 Å². The number of aromatic nitrogens is 6. The van der Waals surface area contributed by atoms with Crippen molar-refractivity contribution < 1.29 is 22.4 Å². The van der Waals surface area contributed by atoms with Crippen LogP contribution in [0.15, 0.2) is 60.9 Å². The van der Waals surface area contributed by atoms with E-state index in [0.717, 1.165) is 29.6 Å². The van der Waals surface area contributed by atoms with Crippen LogP contribution in [0.25, 0.3) is 28.2 Å². The topological polar surface area (TPSA) is 102 Å². The SMILES string of the molecule is O=C(Nc1cn2nc(-c3c(-c4ccc(F)cc4)nn4c3CNCC4)ccc2n1)c1ccnc(C(F)(F)F)c1. The zero-order valence-electron chi connectivity index (χ0n) is 19.5. The van der Waals surface area contributed by atoms with Gasteiger partial charge in [-0.25, -0.2) is 13.9 Å². The molecular weight excluding hydrogens is 504 g/mol. The summed E-state index contributed by atoms with van der Waals surface area (Å²) in [5, 5.41) is 15.3. The van der Waals surface area contributed by atoms with Crippen LogP contribution in [-0.2, 0) is 19.3 Å². The molecule has 6 rings (SSSR count). The Morgan fingerprint density at radius 2 is 1.87 bits per heavy atom. The second-order valence-electron chi connectivity index (χ2n) is 8.61. The van der Waals surface area contributed by atoms with Crippen molar-refractivity contribution in [1.29, 1.82) is 0 Å². The normalized spacial score (nSPS) is 13.5. The molecule has 0 aliphatic carbocycles. The highest BCUT2D eigenvalue weighted by molar-refractivity contribution is 6.03. The van der Waals surface area contributed by atoms with Crippen molar-refractivity contribution in [3.8, 4) is 22.5 Å². The smallest absolute Gasteiger partial charge is 0.309 e. The Balaban J connectivity index is 1.35. The first-order valence-corrected chi connectivity index (χ1v) is 11.5. The van der Waals surface area contributed by atoms with Crippen molar-refractivity contribution in [2.45, 2.75) is 19.3 Å². The van der Waals surface area contributed by atoms with Gasteiger partial charge in [-0.15, -0.1) is 0 Å². The zero-order valence-corrected chi connectivity index (χ0v) is 19.5. The summed E-state index contributed by atoms with van der Waals surface area (Å²) in [5.74, 6) is -1.01. The molecule has 0 radical (unpaired) electrons. The second kappa shape index (κ2) is 9.03. The Labute approximate surface area is 212 Å². The number of hydrogen-bond acceptors (Lipinski definition) is 6. The molecule has 0 unspecified atom stereocenters. The summed E-state index contributed by atoms with van der Waals surface area (Å²) in [7, 11) is 0. The van der Waals surface area contributed by atoms with Crippen LogP contribution >= 0.6 is 0 Å². The van der Waals surface area contributed by atoms with E-state index in [1.807, 2.05) is 4.68 Å². The number of pyridine rings is 1. The number of alkyl halides is 3. The number of carbonyl (C=O) groups excluding carboxylic acids is 1. The molecule has 0 fully saturated rings. The van der Waals surface area contributed by atoms with Crippen LogP contribution in [0, 0.1) is 5.82 Å². The average Bonchev–Trinajstić information content (AvgIpc) is 3.49. The van der Waals surface area contributed by atoms with Crippen LogP contribution < -0.4 is 10.6 Å². The van der Waals surface area contributed by atoms with Gasteiger partial charge in [-0.05, 0) is 48.5 Å². The molecule has 1 amide bonds. The molecule has 0 saturated carbocycles. The van der Waals surface area contributed by atoms with Crippen LogP contribution in [0.1, 0.15) is 21.7 Å². The lowest BCUT2D eigenvalue weighted by molar-refractivity contribution is -0.141. The van der Waals surface area contributed by atoms with E-state index in [1.165, 1.54) is 28.9 Å². The minimum absolute atomic E-state index is 0.113. The van der Waals surface area contributed by atoms with E-state index in [-0.39, 0.29) is 17.2 Å². The van der Waals surface area contributed by atoms with Crippen LogP contribution in [0.3, 0.4) is 0 Å². The van der Waals surface area contributed by atoms with E-state index in [1.54, 1.807) is 24.3 Å².